The predicted octanol–water partition coefficient (Wildman–Crippen LogP) is 13.7. The zero-order valence-electron chi connectivity index (χ0n) is 39.3. The van der Waals surface area contributed by atoms with Gasteiger partial charge in [0, 0.05) is 11.1 Å². The van der Waals surface area contributed by atoms with Crippen LogP contribution in [0.2, 0.25) is 0 Å². The fourth-order valence-electron chi connectivity index (χ4n) is 7.66. The molecule has 2 unspecified atom stereocenters. The summed E-state index contributed by atoms with van der Waals surface area (Å²) in [6.07, 6.45) is 37.5. The molecule has 0 aromatic heterocycles. The molecule has 0 saturated heterocycles. The van der Waals surface area contributed by atoms with Crippen LogP contribution < -0.4 is 10.6 Å². The summed E-state index contributed by atoms with van der Waals surface area (Å²) in [5.41, 5.74) is 0.675. The normalized spacial score (nSPS) is 12.0. The lowest BCUT2D eigenvalue weighted by atomic mass is 9.78. The monoisotopic (exact) mass is 849 g/mol. The van der Waals surface area contributed by atoms with E-state index in [0.29, 0.717) is 24.4 Å². The van der Waals surface area contributed by atoms with E-state index in [1.807, 2.05) is 0 Å². The third-order valence-electron chi connectivity index (χ3n) is 11.3. The molecule has 2 N–H and O–H groups in total. The van der Waals surface area contributed by atoms with Crippen LogP contribution in [0.1, 0.15) is 220 Å². The van der Waals surface area contributed by atoms with E-state index in [-0.39, 0.29) is 26.3 Å². The summed E-state index contributed by atoms with van der Waals surface area (Å²) < 4.78 is 20.5. The van der Waals surface area contributed by atoms with Crippen molar-refractivity contribution in [3.05, 3.63) is 24.3 Å². The van der Waals surface area contributed by atoms with E-state index < -0.39 is 24.1 Å². The first kappa shape index (κ1) is 57.0. The van der Waals surface area contributed by atoms with Crippen LogP contribution in [0.15, 0.2) is 24.3 Å². The number of hydrogen-bond acceptors (Lipinski definition) is 8. The molecular formula is C50H92N2O8. The van der Waals surface area contributed by atoms with Gasteiger partial charge < -0.3 is 29.6 Å². The van der Waals surface area contributed by atoms with Gasteiger partial charge in [0.15, 0.2) is 0 Å². The molecule has 0 radical (unpaired) electrons. The van der Waals surface area contributed by atoms with Crippen LogP contribution >= 0.6 is 0 Å². The Morgan fingerprint density at radius 1 is 0.383 bits per heavy atom. The minimum atomic E-state index is -0.470. The van der Waals surface area contributed by atoms with Crippen molar-refractivity contribution >= 4 is 24.1 Å². The van der Waals surface area contributed by atoms with Gasteiger partial charge in [-0.3, -0.25) is 0 Å². The number of hydrogen-bond donors (Lipinski definition) is 2. The summed E-state index contributed by atoms with van der Waals surface area (Å²) in [6, 6.07) is 0. The maximum atomic E-state index is 11.9. The number of carbonyl (C=O) groups is 4. The SMILES string of the molecule is C=C(C)C(=O)OCCNC(=O)OCCCCCCCCC(CCCCCCCCC)C(CCCCCCCCC)CCCCCCCCOC(=O)NCCOC(=O)C(=C)C. The van der Waals surface area contributed by atoms with Gasteiger partial charge in [0.2, 0.25) is 0 Å². The highest BCUT2D eigenvalue weighted by molar-refractivity contribution is 5.87. The van der Waals surface area contributed by atoms with Crippen molar-refractivity contribution < 1.29 is 38.1 Å². The first-order valence-electron chi connectivity index (χ1n) is 24.6. The van der Waals surface area contributed by atoms with E-state index in [4.69, 9.17) is 18.9 Å². The van der Waals surface area contributed by atoms with E-state index in [2.05, 4.69) is 37.6 Å². The molecule has 0 bridgehead atoms. The van der Waals surface area contributed by atoms with Gasteiger partial charge >= 0.3 is 24.1 Å². The molecule has 0 saturated carbocycles. The Labute approximate surface area is 367 Å². The first-order valence-corrected chi connectivity index (χ1v) is 24.6. The molecule has 60 heavy (non-hydrogen) atoms. The van der Waals surface area contributed by atoms with Gasteiger partial charge in [0.25, 0.3) is 0 Å². The molecule has 2 atom stereocenters. The molecule has 0 heterocycles. The second-order valence-corrected chi connectivity index (χ2v) is 17.1. The Balaban J connectivity index is 4.74. The Morgan fingerprint density at radius 2 is 0.650 bits per heavy atom. The van der Waals surface area contributed by atoms with Gasteiger partial charge in [0.1, 0.15) is 13.2 Å². The number of alkyl carbamates (subject to hydrolysis) is 2. The third kappa shape index (κ3) is 37.9. The van der Waals surface area contributed by atoms with Crippen LogP contribution in [0, 0.1) is 11.8 Å². The number of esters is 2. The number of ether oxygens (including phenoxy) is 4. The topological polar surface area (TPSA) is 129 Å². The number of nitrogens with one attached hydrogen (secondary N) is 2. The Bertz CT molecular complexity index is 1010. The number of amides is 2. The summed E-state index contributed by atoms with van der Waals surface area (Å²) in [7, 11) is 0. The minimum absolute atomic E-state index is 0.102. The van der Waals surface area contributed by atoms with Crippen molar-refractivity contribution in [1.82, 2.24) is 10.6 Å². The summed E-state index contributed by atoms with van der Waals surface area (Å²) in [5.74, 6) is 0.749. The van der Waals surface area contributed by atoms with Crippen molar-refractivity contribution in [2.75, 3.05) is 39.5 Å². The van der Waals surface area contributed by atoms with Gasteiger partial charge in [-0.25, -0.2) is 19.2 Å². The summed E-state index contributed by atoms with van der Waals surface area (Å²) in [6.45, 7) is 16.3. The summed E-state index contributed by atoms with van der Waals surface area (Å²) in [4.78, 5) is 46.7. The van der Waals surface area contributed by atoms with E-state index in [1.165, 1.54) is 167 Å². The van der Waals surface area contributed by atoms with Gasteiger partial charge in [0.05, 0.1) is 26.3 Å². The summed E-state index contributed by atoms with van der Waals surface area (Å²) >= 11 is 0. The maximum absolute atomic E-state index is 11.9. The van der Waals surface area contributed by atoms with Crippen molar-refractivity contribution in [3.63, 3.8) is 0 Å². The molecule has 10 nitrogen and oxygen atoms in total. The minimum Gasteiger partial charge on any atom is -0.460 e. The molecule has 0 aliphatic rings. The smallest absolute Gasteiger partial charge is 0.407 e. The molecule has 0 fully saturated rings. The van der Waals surface area contributed by atoms with E-state index in [0.717, 1.165) is 37.5 Å². The largest absolute Gasteiger partial charge is 0.460 e. The van der Waals surface area contributed by atoms with Crippen molar-refractivity contribution in [2.45, 2.75) is 220 Å². The second-order valence-electron chi connectivity index (χ2n) is 17.1. The van der Waals surface area contributed by atoms with Crippen molar-refractivity contribution in [2.24, 2.45) is 11.8 Å². The van der Waals surface area contributed by atoms with Crippen LogP contribution in [-0.4, -0.2) is 63.6 Å². The highest BCUT2D eigenvalue weighted by atomic mass is 16.6. The van der Waals surface area contributed by atoms with Gasteiger partial charge in [-0.1, -0.05) is 207 Å². The number of unbranched alkanes of at least 4 members (excludes halogenated alkanes) is 22. The first-order chi connectivity index (χ1) is 29.1. The quantitative estimate of drug-likeness (QED) is 0.0269. The Morgan fingerprint density at radius 3 is 0.933 bits per heavy atom. The number of rotatable bonds is 43. The molecule has 0 aromatic rings. The predicted molar refractivity (Wildman–Crippen MR) is 247 cm³/mol. The van der Waals surface area contributed by atoms with Crippen LogP contribution in [0.4, 0.5) is 9.59 Å². The average molecular weight is 849 g/mol. The fourth-order valence-corrected chi connectivity index (χ4v) is 7.66. The van der Waals surface area contributed by atoms with E-state index in [1.54, 1.807) is 13.8 Å². The Kier molecular flexibility index (Phi) is 40.5. The molecule has 2 amide bonds. The average Bonchev–Trinajstić information content (AvgIpc) is 3.23. The maximum Gasteiger partial charge on any atom is 0.407 e. The zero-order valence-corrected chi connectivity index (χ0v) is 39.3. The lowest BCUT2D eigenvalue weighted by Gasteiger charge is -2.28. The third-order valence-corrected chi connectivity index (χ3v) is 11.3. The van der Waals surface area contributed by atoms with E-state index >= 15 is 0 Å². The molecule has 0 aliphatic heterocycles. The molecule has 0 aliphatic carbocycles. The van der Waals surface area contributed by atoms with Crippen LogP contribution in [0.5, 0.6) is 0 Å². The lowest BCUT2D eigenvalue weighted by Crippen LogP contribution is -2.29. The highest BCUT2D eigenvalue weighted by Crippen LogP contribution is 2.34. The van der Waals surface area contributed by atoms with Gasteiger partial charge in [-0.15, -0.1) is 0 Å². The summed E-state index contributed by atoms with van der Waals surface area (Å²) in [5, 5.41) is 5.24. The van der Waals surface area contributed by atoms with Crippen LogP contribution in [0.3, 0.4) is 0 Å². The Hall–Kier alpha value is -3.04. The van der Waals surface area contributed by atoms with Gasteiger partial charge in [-0.05, 0) is 38.5 Å². The van der Waals surface area contributed by atoms with Crippen molar-refractivity contribution in [3.8, 4) is 0 Å². The molecule has 0 spiro atoms. The standard InChI is InChI=1S/C50H92N2O8/c1-7-9-11-13-15-21-27-33-45(35-29-23-17-19-25-31-39-59-49(55)51-37-41-57-47(53)43(3)4)46(34-28-22-16-14-12-10-8-2)36-30-24-18-20-26-32-40-60-50(56)52-38-42-58-48(54)44(5)6/h45-46H,3,5,7-42H2,1-2,4,6H3,(H,51,55)(H,52,56). The second kappa shape index (κ2) is 42.6. The number of carbonyl (C=O) groups excluding carboxylic acids is 4. The molecule has 0 aromatic carbocycles. The highest BCUT2D eigenvalue weighted by Gasteiger charge is 2.21. The van der Waals surface area contributed by atoms with Gasteiger partial charge in [-0.2, -0.15) is 0 Å². The van der Waals surface area contributed by atoms with Crippen LogP contribution in [0.25, 0.3) is 0 Å². The van der Waals surface area contributed by atoms with Crippen molar-refractivity contribution in [1.29, 1.82) is 0 Å². The lowest BCUT2D eigenvalue weighted by molar-refractivity contribution is -0.139. The molecule has 10 heteroatoms. The molecule has 0 rings (SSSR count). The zero-order chi connectivity index (χ0) is 44.3. The molecule has 350 valence electrons. The molecular weight excluding hydrogens is 757 g/mol. The van der Waals surface area contributed by atoms with Crippen LogP contribution in [-0.2, 0) is 28.5 Å². The fraction of sp³-hybridized carbons (Fsp3) is 0.840. The van der Waals surface area contributed by atoms with E-state index in [9.17, 15) is 19.2 Å².